The van der Waals surface area contributed by atoms with Gasteiger partial charge in [-0.05, 0) is 24.0 Å². The van der Waals surface area contributed by atoms with Crippen LogP contribution in [0, 0.1) is 5.92 Å². The fourth-order valence-corrected chi connectivity index (χ4v) is 4.00. The van der Waals surface area contributed by atoms with E-state index in [2.05, 4.69) is 33.6 Å². The number of fused-ring (bicyclic) bond motifs is 1. The van der Waals surface area contributed by atoms with Crippen molar-refractivity contribution in [2.45, 2.75) is 63.7 Å². The molecule has 0 aliphatic carbocycles. The predicted molar refractivity (Wildman–Crippen MR) is 144 cm³/mol. The minimum atomic E-state index is -1.47. The van der Waals surface area contributed by atoms with Crippen LogP contribution < -0.4 is 21.7 Å². The van der Waals surface area contributed by atoms with Crippen molar-refractivity contribution in [2.24, 2.45) is 11.7 Å². The monoisotopic (exact) mass is 549 g/mol. The number of H-pyrrole nitrogens is 1. The second-order valence-electron chi connectivity index (χ2n) is 9.12. The highest BCUT2D eigenvalue weighted by Gasteiger charge is 2.33. The van der Waals surface area contributed by atoms with Crippen LogP contribution in [0.25, 0.3) is 10.9 Å². The molecule has 208 valence electrons. The molecule has 3 amide bonds. The first-order valence-corrected chi connectivity index (χ1v) is 12.9. The van der Waals surface area contributed by atoms with E-state index in [-0.39, 0.29) is 24.5 Å². The third kappa shape index (κ3) is 8.48. The number of benzene rings is 1. The van der Waals surface area contributed by atoms with E-state index >= 15 is 0 Å². The largest absolute Gasteiger partial charge is 0.481 e. The topological polar surface area (TPSA) is 204 Å². The Bertz CT molecular complexity index is 1150. The zero-order chi connectivity index (χ0) is 28.4. The number of hydrogen-bond acceptors (Lipinski definition) is 7. The first-order chi connectivity index (χ1) is 18.0. The van der Waals surface area contributed by atoms with Crippen molar-refractivity contribution >= 4 is 53.2 Å². The van der Waals surface area contributed by atoms with Gasteiger partial charge in [0.25, 0.3) is 0 Å². The first-order valence-electron chi connectivity index (χ1n) is 12.3. The summed E-state index contributed by atoms with van der Waals surface area (Å²) in [6.07, 6.45) is 1.42. The van der Waals surface area contributed by atoms with E-state index in [0.717, 1.165) is 10.9 Å². The molecule has 0 spiro atoms. The molecule has 1 aromatic heterocycles. The molecule has 0 radical (unpaired) electrons. The maximum atomic E-state index is 13.4. The average molecular weight is 550 g/mol. The van der Waals surface area contributed by atoms with Crippen molar-refractivity contribution in [3.05, 3.63) is 36.0 Å². The molecule has 1 aromatic carbocycles. The number of para-hydroxylation sites is 1. The number of carboxylic acid groups (broad SMARTS) is 2. The van der Waals surface area contributed by atoms with E-state index in [1.807, 2.05) is 31.2 Å². The number of carboxylic acids is 2. The highest BCUT2D eigenvalue weighted by atomic mass is 32.1. The molecule has 5 unspecified atom stereocenters. The van der Waals surface area contributed by atoms with Crippen LogP contribution in [0.3, 0.4) is 0 Å². The zero-order valence-corrected chi connectivity index (χ0v) is 22.2. The molecule has 0 saturated heterocycles. The van der Waals surface area contributed by atoms with Crippen molar-refractivity contribution in [3.63, 3.8) is 0 Å². The Hall–Kier alpha value is -3.58. The SMILES string of the molecule is CCC(C)C(NC(=O)C(N)CS)C(=O)NC(Cc1c[nH]c2ccccc12)C(=O)NC(CCC(=O)O)C(=O)O. The van der Waals surface area contributed by atoms with Crippen LogP contribution >= 0.6 is 12.6 Å². The molecule has 0 aliphatic heterocycles. The molecule has 0 saturated carbocycles. The molecule has 12 nitrogen and oxygen atoms in total. The van der Waals surface area contributed by atoms with Crippen LogP contribution in [0.4, 0.5) is 0 Å². The molecule has 5 atom stereocenters. The normalized spacial score (nSPS) is 15.1. The molecule has 0 aliphatic rings. The lowest BCUT2D eigenvalue weighted by atomic mass is 9.96. The Labute approximate surface area is 225 Å². The summed E-state index contributed by atoms with van der Waals surface area (Å²) in [5.74, 6) is -4.87. The number of thiol groups is 1. The number of nitrogens with two attached hydrogens (primary N) is 1. The fourth-order valence-electron chi connectivity index (χ4n) is 3.83. The second kappa shape index (κ2) is 14.4. The Morgan fingerprint density at radius 1 is 1.00 bits per heavy atom. The maximum Gasteiger partial charge on any atom is 0.326 e. The second-order valence-corrected chi connectivity index (χ2v) is 9.48. The van der Waals surface area contributed by atoms with E-state index in [9.17, 15) is 29.1 Å². The molecular weight excluding hydrogens is 514 g/mol. The van der Waals surface area contributed by atoms with E-state index in [1.54, 1.807) is 13.1 Å². The third-order valence-corrected chi connectivity index (χ3v) is 6.71. The van der Waals surface area contributed by atoms with Crippen molar-refractivity contribution in [3.8, 4) is 0 Å². The Morgan fingerprint density at radius 2 is 1.66 bits per heavy atom. The average Bonchev–Trinajstić information content (AvgIpc) is 3.30. The standard InChI is InChI=1S/C25H35N5O7S/c1-3-13(2)21(30-22(33)16(26)12-38)24(35)29-19(10-14-11-27-17-7-5-4-6-15(14)17)23(34)28-18(25(36)37)8-9-20(31)32/h4-7,11,13,16,18-19,21,27,38H,3,8-10,12,26H2,1-2H3,(H,28,34)(H,29,35)(H,30,33)(H,31,32)(H,36,37). The lowest BCUT2D eigenvalue weighted by Crippen LogP contribution is -2.59. The highest BCUT2D eigenvalue weighted by Crippen LogP contribution is 2.20. The molecule has 0 bridgehead atoms. The van der Waals surface area contributed by atoms with Crippen LogP contribution in [0.15, 0.2) is 30.5 Å². The smallest absolute Gasteiger partial charge is 0.326 e. The van der Waals surface area contributed by atoms with Gasteiger partial charge >= 0.3 is 11.9 Å². The van der Waals surface area contributed by atoms with E-state index in [0.29, 0.717) is 12.0 Å². The summed E-state index contributed by atoms with van der Waals surface area (Å²) in [5.41, 5.74) is 7.25. The summed E-state index contributed by atoms with van der Waals surface area (Å²) in [6.45, 7) is 3.60. The van der Waals surface area contributed by atoms with Gasteiger partial charge in [-0.1, -0.05) is 38.5 Å². The van der Waals surface area contributed by atoms with Gasteiger partial charge in [-0.3, -0.25) is 19.2 Å². The van der Waals surface area contributed by atoms with Gasteiger partial charge in [0, 0.05) is 35.7 Å². The van der Waals surface area contributed by atoms with Crippen LogP contribution in [0.1, 0.15) is 38.7 Å². The number of rotatable bonds is 15. The van der Waals surface area contributed by atoms with Crippen LogP contribution in [-0.4, -0.2) is 74.8 Å². The first kappa shape index (κ1) is 30.6. The molecule has 1 heterocycles. The van der Waals surface area contributed by atoms with Crippen LogP contribution in [0.2, 0.25) is 0 Å². The van der Waals surface area contributed by atoms with Crippen molar-refractivity contribution < 1.29 is 34.2 Å². The summed E-state index contributed by atoms with van der Waals surface area (Å²) >= 11 is 4.02. The highest BCUT2D eigenvalue weighted by molar-refractivity contribution is 7.80. The summed E-state index contributed by atoms with van der Waals surface area (Å²) in [6, 6.07) is 2.69. The van der Waals surface area contributed by atoms with Gasteiger partial charge in [-0.15, -0.1) is 0 Å². The Morgan fingerprint density at radius 3 is 2.26 bits per heavy atom. The number of carbonyl (C=O) groups is 5. The number of carbonyl (C=O) groups excluding carboxylic acids is 3. The Balaban J connectivity index is 2.34. The van der Waals surface area contributed by atoms with Gasteiger partial charge in [0.05, 0.1) is 6.04 Å². The van der Waals surface area contributed by atoms with Crippen molar-refractivity contribution in [1.82, 2.24) is 20.9 Å². The maximum absolute atomic E-state index is 13.4. The Kier molecular flexibility index (Phi) is 11.6. The molecule has 38 heavy (non-hydrogen) atoms. The lowest BCUT2D eigenvalue weighted by Gasteiger charge is -2.28. The van der Waals surface area contributed by atoms with Gasteiger partial charge < -0.3 is 36.9 Å². The van der Waals surface area contributed by atoms with Gasteiger partial charge in [-0.25, -0.2) is 4.79 Å². The van der Waals surface area contributed by atoms with E-state index < -0.39 is 60.2 Å². The summed E-state index contributed by atoms with van der Waals surface area (Å²) < 4.78 is 0. The molecule has 2 rings (SSSR count). The minimum Gasteiger partial charge on any atom is -0.481 e. The predicted octanol–water partition coefficient (Wildman–Crippen LogP) is 0.417. The minimum absolute atomic E-state index is 0.00415. The lowest BCUT2D eigenvalue weighted by molar-refractivity contribution is -0.143. The van der Waals surface area contributed by atoms with E-state index in [4.69, 9.17) is 10.8 Å². The zero-order valence-electron chi connectivity index (χ0n) is 21.3. The van der Waals surface area contributed by atoms with Gasteiger partial charge in [0.1, 0.15) is 18.1 Å². The molecular formula is C25H35N5O7S. The number of aliphatic carboxylic acids is 2. The number of aromatic nitrogens is 1. The summed E-state index contributed by atoms with van der Waals surface area (Å²) in [5, 5.41) is 26.9. The van der Waals surface area contributed by atoms with Crippen LogP contribution in [-0.2, 0) is 30.4 Å². The van der Waals surface area contributed by atoms with Gasteiger partial charge in [-0.2, -0.15) is 12.6 Å². The fraction of sp³-hybridized carbons (Fsp3) is 0.480. The molecule has 2 aromatic rings. The molecule has 8 N–H and O–H groups in total. The van der Waals surface area contributed by atoms with Crippen molar-refractivity contribution in [2.75, 3.05) is 5.75 Å². The molecule has 0 fully saturated rings. The number of hydrogen-bond donors (Lipinski definition) is 8. The van der Waals surface area contributed by atoms with Crippen LogP contribution in [0.5, 0.6) is 0 Å². The van der Waals surface area contributed by atoms with E-state index in [1.165, 1.54) is 0 Å². The van der Waals surface area contributed by atoms with Gasteiger partial charge in [0.2, 0.25) is 17.7 Å². The summed E-state index contributed by atoms with van der Waals surface area (Å²) in [7, 11) is 0. The summed E-state index contributed by atoms with van der Waals surface area (Å²) in [4.78, 5) is 64.8. The quantitative estimate of drug-likeness (QED) is 0.146. The van der Waals surface area contributed by atoms with Gasteiger partial charge in [0.15, 0.2) is 0 Å². The van der Waals surface area contributed by atoms with Crippen molar-refractivity contribution in [1.29, 1.82) is 0 Å². The third-order valence-electron chi connectivity index (χ3n) is 6.32. The number of amides is 3. The molecule has 13 heteroatoms. The number of aromatic amines is 1. The number of nitrogens with one attached hydrogen (secondary N) is 4.